The maximum absolute atomic E-state index is 10.6. The Bertz CT molecular complexity index is 383. The molecule has 88 valence electrons. The quantitative estimate of drug-likeness (QED) is 0.511. The van der Waals surface area contributed by atoms with Crippen LogP contribution >= 0.6 is 15.9 Å². The number of hydrogen-bond donors (Lipinski definition) is 1. The summed E-state index contributed by atoms with van der Waals surface area (Å²) in [6.07, 6.45) is -0.588. The maximum Gasteiger partial charge on any atom is 0.272 e. The standard InChI is InChI=1S/C10H12BrNO4/c1-7-4-9(16-6-8(13)5-11)2-3-10(7)12(14)15/h2-4,8,13H,5-6H2,1H3. The number of nitro benzene ring substituents is 1. The number of hydrogen-bond acceptors (Lipinski definition) is 4. The Morgan fingerprint density at radius 3 is 2.81 bits per heavy atom. The molecule has 0 aliphatic heterocycles. The summed E-state index contributed by atoms with van der Waals surface area (Å²) in [5, 5.41) is 20.2. The summed E-state index contributed by atoms with van der Waals surface area (Å²) >= 11 is 3.11. The summed E-state index contributed by atoms with van der Waals surface area (Å²) in [6, 6.07) is 4.50. The molecule has 0 aromatic heterocycles. The van der Waals surface area contributed by atoms with Crippen LogP contribution in [0.15, 0.2) is 18.2 Å². The number of benzene rings is 1. The number of halogens is 1. The number of ether oxygens (including phenoxy) is 1. The Hall–Kier alpha value is -1.14. The third-order valence-corrected chi connectivity index (χ3v) is 2.73. The number of aliphatic hydroxyl groups is 1. The normalized spacial score (nSPS) is 12.2. The highest BCUT2D eigenvalue weighted by atomic mass is 79.9. The number of rotatable bonds is 5. The van der Waals surface area contributed by atoms with E-state index in [4.69, 9.17) is 4.74 Å². The SMILES string of the molecule is Cc1cc(OCC(O)CBr)ccc1[N+](=O)[O-]. The van der Waals surface area contributed by atoms with Crippen LogP contribution in [0.3, 0.4) is 0 Å². The maximum atomic E-state index is 10.6. The zero-order chi connectivity index (χ0) is 12.1. The molecule has 0 amide bonds. The van der Waals surface area contributed by atoms with E-state index in [1.54, 1.807) is 13.0 Å². The van der Waals surface area contributed by atoms with E-state index in [0.717, 1.165) is 0 Å². The molecule has 0 saturated carbocycles. The molecule has 5 nitrogen and oxygen atoms in total. The van der Waals surface area contributed by atoms with Gasteiger partial charge in [0, 0.05) is 17.0 Å². The van der Waals surface area contributed by atoms with Gasteiger partial charge in [-0.15, -0.1) is 0 Å². The fourth-order valence-electron chi connectivity index (χ4n) is 1.16. The zero-order valence-electron chi connectivity index (χ0n) is 8.72. The number of nitrogens with zero attached hydrogens (tertiary/aromatic N) is 1. The fourth-order valence-corrected chi connectivity index (χ4v) is 1.35. The molecule has 0 heterocycles. The monoisotopic (exact) mass is 289 g/mol. The topological polar surface area (TPSA) is 72.6 Å². The van der Waals surface area contributed by atoms with E-state index in [9.17, 15) is 15.2 Å². The molecule has 1 aromatic carbocycles. The predicted octanol–water partition coefficient (Wildman–Crippen LogP) is 2.04. The molecule has 0 radical (unpaired) electrons. The number of aryl methyl sites for hydroxylation is 1. The highest BCUT2D eigenvalue weighted by Gasteiger charge is 2.11. The summed E-state index contributed by atoms with van der Waals surface area (Å²) in [5.74, 6) is 0.517. The summed E-state index contributed by atoms with van der Waals surface area (Å²) < 4.78 is 5.27. The molecule has 0 spiro atoms. The molecule has 16 heavy (non-hydrogen) atoms. The Morgan fingerprint density at radius 2 is 2.31 bits per heavy atom. The molecule has 0 fully saturated rings. The zero-order valence-corrected chi connectivity index (χ0v) is 10.3. The molecule has 0 saturated heterocycles. The van der Waals surface area contributed by atoms with Gasteiger partial charge in [-0.3, -0.25) is 10.1 Å². The molecule has 1 N–H and O–H groups in total. The van der Waals surface area contributed by atoms with Gasteiger partial charge in [-0.25, -0.2) is 0 Å². The summed E-state index contributed by atoms with van der Waals surface area (Å²) in [5.41, 5.74) is 0.601. The van der Waals surface area contributed by atoms with Gasteiger partial charge in [0.15, 0.2) is 0 Å². The van der Waals surface area contributed by atoms with Crippen molar-refractivity contribution in [2.75, 3.05) is 11.9 Å². The van der Waals surface area contributed by atoms with Crippen LogP contribution in [0, 0.1) is 17.0 Å². The average Bonchev–Trinajstić information content (AvgIpc) is 2.25. The smallest absolute Gasteiger partial charge is 0.272 e. The summed E-state index contributed by atoms with van der Waals surface area (Å²) in [4.78, 5) is 10.1. The van der Waals surface area contributed by atoms with Crippen molar-refractivity contribution in [3.8, 4) is 5.75 Å². The lowest BCUT2D eigenvalue weighted by molar-refractivity contribution is -0.385. The summed E-state index contributed by atoms with van der Waals surface area (Å²) in [7, 11) is 0. The van der Waals surface area contributed by atoms with Crippen molar-refractivity contribution in [2.45, 2.75) is 13.0 Å². The van der Waals surface area contributed by atoms with Crippen LogP contribution in [0.25, 0.3) is 0 Å². The van der Waals surface area contributed by atoms with Gasteiger partial charge < -0.3 is 9.84 Å². The minimum Gasteiger partial charge on any atom is -0.491 e. The van der Waals surface area contributed by atoms with Gasteiger partial charge in [0.2, 0.25) is 0 Å². The van der Waals surface area contributed by atoms with E-state index >= 15 is 0 Å². The first-order valence-corrected chi connectivity index (χ1v) is 5.78. The summed E-state index contributed by atoms with van der Waals surface area (Å²) in [6.45, 7) is 1.80. The first-order valence-electron chi connectivity index (χ1n) is 4.66. The number of alkyl halides is 1. The Kier molecular flexibility index (Phi) is 4.70. The van der Waals surface area contributed by atoms with Crippen molar-refractivity contribution < 1.29 is 14.8 Å². The van der Waals surface area contributed by atoms with Crippen molar-refractivity contribution in [1.82, 2.24) is 0 Å². The van der Waals surface area contributed by atoms with Crippen LogP contribution in [-0.4, -0.2) is 28.1 Å². The van der Waals surface area contributed by atoms with E-state index in [1.807, 2.05) is 0 Å². The van der Waals surface area contributed by atoms with Gasteiger partial charge in [0.25, 0.3) is 5.69 Å². The third-order valence-electron chi connectivity index (χ3n) is 1.99. The van der Waals surface area contributed by atoms with E-state index in [0.29, 0.717) is 16.6 Å². The van der Waals surface area contributed by atoms with Crippen LogP contribution in [0.1, 0.15) is 5.56 Å². The van der Waals surface area contributed by atoms with Crippen LogP contribution in [-0.2, 0) is 0 Å². The molecule has 1 unspecified atom stereocenters. The third kappa shape index (κ3) is 3.46. The van der Waals surface area contributed by atoms with Gasteiger partial charge >= 0.3 is 0 Å². The average molecular weight is 290 g/mol. The van der Waals surface area contributed by atoms with E-state index in [1.165, 1.54) is 12.1 Å². The molecular weight excluding hydrogens is 278 g/mol. The second-order valence-electron chi connectivity index (χ2n) is 3.32. The van der Waals surface area contributed by atoms with Crippen molar-refractivity contribution in [1.29, 1.82) is 0 Å². The second kappa shape index (κ2) is 5.81. The van der Waals surface area contributed by atoms with Crippen molar-refractivity contribution in [3.05, 3.63) is 33.9 Å². The lowest BCUT2D eigenvalue weighted by atomic mass is 10.2. The molecular formula is C10H12BrNO4. The van der Waals surface area contributed by atoms with Crippen LogP contribution < -0.4 is 4.74 Å². The molecule has 1 atom stereocenters. The predicted molar refractivity (Wildman–Crippen MR) is 63.1 cm³/mol. The van der Waals surface area contributed by atoms with Crippen molar-refractivity contribution in [2.24, 2.45) is 0 Å². The number of nitro groups is 1. The van der Waals surface area contributed by atoms with Crippen LogP contribution in [0.2, 0.25) is 0 Å². The van der Waals surface area contributed by atoms with Crippen LogP contribution in [0.4, 0.5) is 5.69 Å². The lowest BCUT2D eigenvalue weighted by Gasteiger charge is -2.10. The fraction of sp³-hybridized carbons (Fsp3) is 0.400. The van der Waals surface area contributed by atoms with Gasteiger partial charge in [0.1, 0.15) is 12.4 Å². The van der Waals surface area contributed by atoms with Gasteiger partial charge in [-0.1, -0.05) is 15.9 Å². The Morgan fingerprint density at radius 1 is 1.62 bits per heavy atom. The Balaban J connectivity index is 2.70. The van der Waals surface area contributed by atoms with E-state index in [2.05, 4.69) is 15.9 Å². The largest absolute Gasteiger partial charge is 0.491 e. The highest BCUT2D eigenvalue weighted by molar-refractivity contribution is 9.09. The van der Waals surface area contributed by atoms with E-state index in [-0.39, 0.29) is 12.3 Å². The minimum absolute atomic E-state index is 0.0633. The molecule has 0 aliphatic carbocycles. The molecule has 6 heteroatoms. The second-order valence-corrected chi connectivity index (χ2v) is 3.97. The van der Waals surface area contributed by atoms with Gasteiger partial charge in [-0.2, -0.15) is 0 Å². The molecule has 1 rings (SSSR count). The molecule has 0 aliphatic rings. The lowest BCUT2D eigenvalue weighted by Crippen LogP contribution is -2.18. The number of aliphatic hydroxyl groups excluding tert-OH is 1. The van der Waals surface area contributed by atoms with E-state index < -0.39 is 11.0 Å². The molecule has 1 aromatic rings. The Labute approximate surface area is 101 Å². The van der Waals surface area contributed by atoms with Crippen molar-refractivity contribution >= 4 is 21.6 Å². The van der Waals surface area contributed by atoms with Gasteiger partial charge in [-0.05, 0) is 19.1 Å². The van der Waals surface area contributed by atoms with Crippen molar-refractivity contribution in [3.63, 3.8) is 0 Å². The minimum atomic E-state index is -0.588. The first kappa shape index (κ1) is 12.9. The van der Waals surface area contributed by atoms with Crippen LogP contribution in [0.5, 0.6) is 5.75 Å². The van der Waals surface area contributed by atoms with Gasteiger partial charge in [0.05, 0.1) is 11.0 Å². The first-order chi connectivity index (χ1) is 7.54. The molecule has 0 bridgehead atoms. The highest BCUT2D eigenvalue weighted by Crippen LogP contribution is 2.23.